The molecule has 1 N–H and O–H groups in total. The Morgan fingerprint density at radius 2 is 1.92 bits per heavy atom. The van der Waals surface area contributed by atoms with Crippen molar-refractivity contribution in [1.29, 1.82) is 0 Å². The maximum absolute atomic E-state index is 12.7. The fraction of sp³-hybridized carbons (Fsp3) is 0.474. The fourth-order valence-corrected chi connectivity index (χ4v) is 2.91. The van der Waals surface area contributed by atoms with Crippen molar-refractivity contribution < 1.29 is 9.53 Å². The molecule has 1 heterocycles. The molecule has 0 unspecified atom stereocenters. The Labute approximate surface area is 149 Å². The van der Waals surface area contributed by atoms with E-state index >= 15 is 0 Å². The summed E-state index contributed by atoms with van der Waals surface area (Å²) >= 11 is 0. The number of methoxy groups -OCH3 is 1. The van der Waals surface area contributed by atoms with Crippen LogP contribution in [0.2, 0.25) is 0 Å². The second-order valence-corrected chi connectivity index (χ2v) is 6.61. The lowest BCUT2D eigenvalue weighted by atomic mass is 10.0. The normalized spacial score (nSPS) is 12.3. The predicted octanol–water partition coefficient (Wildman–Crippen LogP) is 2.47. The third-order valence-electron chi connectivity index (χ3n) is 4.16. The van der Waals surface area contributed by atoms with Gasteiger partial charge >= 0.3 is 0 Å². The van der Waals surface area contributed by atoms with E-state index in [4.69, 9.17) is 4.74 Å². The van der Waals surface area contributed by atoms with Crippen LogP contribution in [0.25, 0.3) is 0 Å². The third kappa shape index (κ3) is 4.20. The monoisotopic (exact) mass is 344 g/mol. The SMILES string of the molecule is COc1c(CN[C@@H](C(=O)N(C)C)c2ccccc2)c(C(C)C)nn1C. The number of hydrogen-bond acceptors (Lipinski definition) is 4. The zero-order chi connectivity index (χ0) is 18.6. The first kappa shape index (κ1) is 19.0. The Hall–Kier alpha value is -2.34. The number of aryl methyl sites for hydroxylation is 1. The highest BCUT2D eigenvalue weighted by molar-refractivity contribution is 5.82. The average molecular weight is 344 g/mol. The number of ether oxygens (including phenoxy) is 1. The van der Waals surface area contributed by atoms with Crippen molar-refractivity contribution in [3.63, 3.8) is 0 Å². The van der Waals surface area contributed by atoms with E-state index in [1.165, 1.54) is 0 Å². The number of aromatic nitrogens is 2. The predicted molar refractivity (Wildman–Crippen MR) is 98.6 cm³/mol. The smallest absolute Gasteiger partial charge is 0.243 e. The molecule has 1 aromatic carbocycles. The van der Waals surface area contributed by atoms with Crippen LogP contribution in [0.5, 0.6) is 5.88 Å². The summed E-state index contributed by atoms with van der Waals surface area (Å²) in [5, 5.41) is 7.96. The van der Waals surface area contributed by atoms with Gasteiger partial charge in [0.2, 0.25) is 11.8 Å². The fourth-order valence-electron chi connectivity index (χ4n) is 2.91. The first-order chi connectivity index (χ1) is 11.9. The van der Waals surface area contributed by atoms with E-state index in [0.29, 0.717) is 6.54 Å². The quantitative estimate of drug-likeness (QED) is 0.838. The maximum Gasteiger partial charge on any atom is 0.243 e. The minimum absolute atomic E-state index is 0.0140. The Morgan fingerprint density at radius 3 is 2.44 bits per heavy atom. The van der Waals surface area contributed by atoms with Gasteiger partial charge in [-0.15, -0.1) is 0 Å². The van der Waals surface area contributed by atoms with Crippen molar-refractivity contribution in [3.8, 4) is 5.88 Å². The first-order valence-corrected chi connectivity index (χ1v) is 8.46. The molecular formula is C19H28N4O2. The van der Waals surface area contributed by atoms with E-state index in [-0.39, 0.29) is 11.8 Å². The van der Waals surface area contributed by atoms with Crippen molar-refractivity contribution in [1.82, 2.24) is 20.0 Å². The van der Waals surface area contributed by atoms with Crippen LogP contribution < -0.4 is 10.1 Å². The first-order valence-electron chi connectivity index (χ1n) is 8.46. The van der Waals surface area contributed by atoms with Crippen molar-refractivity contribution in [2.24, 2.45) is 7.05 Å². The summed E-state index contributed by atoms with van der Waals surface area (Å²) in [6.07, 6.45) is 0. The van der Waals surface area contributed by atoms with Gasteiger partial charge in [0.05, 0.1) is 18.4 Å². The standard InChI is InChI=1S/C19H28N4O2/c1-13(2)16-15(19(25-6)23(5)21-16)12-20-17(18(24)22(3)4)14-10-8-7-9-11-14/h7-11,13,17,20H,12H2,1-6H3/t17-/m1/s1. The molecule has 0 radical (unpaired) electrons. The molecule has 2 rings (SSSR count). The van der Waals surface area contributed by atoms with Crippen LogP contribution in [-0.4, -0.2) is 41.8 Å². The van der Waals surface area contributed by atoms with Crippen molar-refractivity contribution in [2.75, 3.05) is 21.2 Å². The molecule has 6 heteroatoms. The zero-order valence-corrected chi connectivity index (χ0v) is 15.9. The molecule has 6 nitrogen and oxygen atoms in total. The summed E-state index contributed by atoms with van der Waals surface area (Å²) in [5.74, 6) is 1.01. The molecule has 0 spiro atoms. The number of hydrogen-bond donors (Lipinski definition) is 1. The van der Waals surface area contributed by atoms with Crippen LogP contribution in [0.3, 0.4) is 0 Å². The van der Waals surface area contributed by atoms with Gasteiger partial charge in [-0.25, -0.2) is 4.68 Å². The molecule has 136 valence electrons. The summed E-state index contributed by atoms with van der Waals surface area (Å²) in [6.45, 7) is 4.71. The van der Waals surface area contributed by atoms with Crippen molar-refractivity contribution in [3.05, 3.63) is 47.2 Å². The molecule has 1 aromatic heterocycles. The number of carbonyl (C=O) groups excluding carboxylic acids is 1. The Kier molecular flexibility index (Phi) is 6.20. The molecule has 0 saturated heterocycles. The summed E-state index contributed by atoms with van der Waals surface area (Å²) in [5.41, 5.74) is 2.92. The number of amides is 1. The lowest BCUT2D eigenvalue weighted by Crippen LogP contribution is -2.36. The summed E-state index contributed by atoms with van der Waals surface area (Å²) in [7, 11) is 7.05. The van der Waals surface area contributed by atoms with Gasteiger partial charge in [0.25, 0.3) is 0 Å². The molecule has 25 heavy (non-hydrogen) atoms. The van der Waals surface area contributed by atoms with E-state index in [2.05, 4.69) is 24.3 Å². The largest absolute Gasteiger partial charge is 0.481 e. The number of nitrogens with one attached hydrogen (secondary N) is 1. The molecule has 1 amide bonds. The van der Waals surface area contributed by atoms with E-state index in [0.717, 1.165) is 22.7 Å². The minimum Gasteiger partial charge on any atom is -0.481 e. The van der Waals surface area contributed by atoms with Crippen LogP contribution in [0.1, 0.15) is 42.6 Å². The van der Waals surface area contributed by atoms with E-state index in [1.54, 1.807) is 30.8 Å². The van der Waals surface area contributed by atoms with Crippen LogP contribution in [0, 0.1) is 0 Å². The van der Waals surface area contributed by atoms with Crippen molar-refractivity contribution in [2.45, 2.75) is 32.4 Å². The Morgan fingerprint density at radius 1 is 1.28 bits per heavy atom. The van der Waals surface area contributed by atoms with Gasteiger partial charge < -0.3 is 9.64 Å². The van der Waals surface area contributed by atoms with Crippen LogP contribution >= 0.6 is 0 Å². The second-order valence-electron chi connectivity index (χ2n) is 6.61. The van der Waals surface area contributed by atoms with E-state index in [1.807, 2.05) is 37.4 Å². The van der Waals surface area contributed by atoms with E-state index in [9.17, 15) is 4.79 Å². The topological polar surface area (TPSA) is 59.4 Å². The molecular weight excluding hydrogens is 316 g/mol. The van der Waals surface area contributed by atoms with E-state index < -0.39 is 6.04 Å². The van der Waals surface area contributed by atoms with Gasteiger partial charge in [-0.2, -0.15) is 5.10 Å². The number of likely N-dealkylation sites (N-methyl/N-ethyl adjacent to an activating group) is 1. The lowest BCUT2D eigenvalue weighted by Gasteiger charge is -2.22. The minimum atomic E-state index is -0.416. The summed E-state index contributed by atoms with van der Waals surface area (Å²) in [4.78, 5) is 14.3. The van der Waals surface area contributed by atoms with Gasteiger partial charge in [0.15, 0.2) is 0 Å². The number of rotatable bonds is 7. The average Bonchev–Trinajstić information content (AvgIpc) is 2.91. The van der Waals surface area contributed by atoms with Gasteiger partial charge in [-0.3, -0.25) is 10.1 Å². The molecule has 0 aliphatic rings. The molecule has 0 saturated carbocycles. The Balaban J connectivity index is 2.31. The summed E-state index contributed by atoms with van der Waals surface area (Å²) in [6, 6.07) is 9.34. The highest BCUT2D eigenvalue weighted by atomic mass is 16.5. The molecule has 0 fully saturated rings. The highest BCUT2D eigenvalue weighted by Crippen LogP contribution is 2.28. The number of benzene rings is 1. The molecule has 0 aliphatic heterocycles. The summed E-state index contributed by atoms with van der Waals surface area (Å²) < 4.78 is 7.27. The maximum atomic E-state index is 12.7. The zero-order valence-electron chi connectivity index (χ0n) is 15.9. The number of nitrogens with zero attached hydrogens (tertiary/aromatic N) is 3. The van der Waals surface area contributed by atoms with Gasteiger partial charge in [-0.1, -0.05) is 44.2 Å². The molecule has 0 bridgehead atoms. The lowest BCUT2D eigenvalue weighted by molar-refractivity contribution is -0.131. The van der Waals surface area contributed by atoms with Gasteiger partial charge in [0, 0.05) is 27.7 Å². The van der Waals surface area contributed by atoms with Crippen LogP contribution in [0.4, 0.5) is 0 Å². The van der Waals surface area contributed by atoms with Crippen LogP contribution in [-0.2, 0) is 18.4 Å². The third-order valence-corrected chi connectivity index (χ3v) is 4.16. The molecule has 1 atom stereocenters. The van der Waals surface area contributed by atoms with Gasteiger partial charge in [0.1, 0.15) is 6.04 Å². The van der Waals surface area contributed by atoms with Gasteiger partial charge in [-0.05, 0) is 11.5 Å². The van der Waals surface area contributed by atoms with Crippen molar-refractivity contribution >= 4 is 5.91 Å². The Bertz CT molecular complexity index is 708. The molecule has 0 aliphatic carbocycles. The van der Waals surface area contributed by atoms with Crippen LogP contribution in [0.15, 0.2) is 30.3 Å². The number of carbonyl (C=O) groups is 1. The highest BCUT2D eigenvalue weighted by Gasteiger charge is 2.25. The second kappa shape index (κ2) is 8.16. The molecule has 2 aromatic rings.